The maximum absolute atomic E-state index is 11.0. The molecule has 84 valence electrons. The van der Waals surface area contributed by atoms with Crippen LogP contribution in [0.25, 0.3) is 4.85 Å². The van der Waals surface area contributed by atoms with Crippen LogP contribution in [0.4, 0.5) is 0 Å². The van der Waals surface area contributed by atoms with Gasteiger partial charge in [0.05, 0.1) is 7.11 Å². The van der Waals surface area contributed by atoms with E-state index in [0.29, 0.717) is 6.54 Å². The van der Waals surface area contributed by atoms with Crippen molar-refractivity contribution in [2.24, 2.45) is 0 Å². The van der Waals surface area contributed by atoms with E-state index in [-0.39, 0.29) is 12.5 Å². The van der Waals surface area contributed by atoms with E-state index in [1.54, 1.807) is 7.11 Å². The lowest BCUT2D eigenvalue weighted by Gasteiger charge is -2.03. The minimum Gasteiger partial charge on any atom is -0.497 e. The molecule has 0 spiro atoms. The Hall–Kier alpha value is -2.02. The molecule has 1 aromatic rings. The highest BCUT2D eigenvalue weighted by Gasteiger charge is 2.02. The van der Waals surface area contributed by atoms with Gasteiger partial charge in [-0.2, -0.15) is 0 Å². The Balaban J connectivity index is 2.32. The fourth-order valence-electron chi connectivity index (χ4n) is 1.27. The number of amides is 1. The van der Waals surface area contributed by atoms with Gasteiger partial charge in [-0.05, 0) is 24.1 Å². The highest BCUT2D eigenvalue weighted by molar-refractivity contribution is 5.79. The largest absolute Gasteiger partial charge is 0.497 e. The Kier molecular flexibility index (Phi) is 4.87. The number of carbonyl (C=O) groups is 1. The topological polar surface area (TPSA) is 42.7 Å². The van der Waals surface area contributed by atoms with Gasteiger partial charge in [0.25, 0.3) is 12.5 Å². The zero-order valence-electron chi connectivity index (χ0n) is 9.19. The summed E-state index contributed by atoms with van der Waals surface area (Å²) in [5.41, 5.74) is 1.13. The Morgan fingerprint density at radius 1 is 1.44 bits per heavy atom. The summed E-state index contributed by atoms with van der Waals surface area (Å²) in [6.07, 6.45) is 0.758. The number of nitrogens with one attached hydrogen (secondary N) is 1. The second-order valence-corrected chi connectivity index (χ2v) is 3.26. The van der Waals surface area contributed by atoms with E-state index >= 15 is 0 Å². The molecule has 16 heavy (non-hydrogen) atoms. The van der Waals surface area contributed by atoms with Crippen molar-refractivity contribution in [1.29, 1.82) is 0 Å². The summed E-state index contributed by atoms with van der Waals surface area (Å²) in [6.45, 7) is 6.99. The summed E-state index contributed by atoms with van der Waals surface area (Å²) in [6, 6.07) is 7.69. The Labute approximate surface area is 95.0 Å². The number of rotatable bonds is 5. The number of hydrogen-bond donors (Lipinski definition) is 1. The molecule has 0 heterocycles. The van der Waals surface area contributed by atoms with Crippen LogP contribution in [0.1, 0.15) is 5.56 Å². The SMILES string of the molecule is [C-]#[N+]CC(=O)NCCc1ccc(OC)cc1. The molecule has 0 atom stereocenters. The average Bonchev–Trinajstić information content (AvgIpc) is 2.30. The zero-order chi connectivity index (χ0) is 11.8. The lowest BCUT2D eigenvalue weighted by Crippen LogP contribution is -2.27. The summed E-state index contributed by atoms with van der Waals surface area (Å²) in [5, 5.41) is 2.68. The molecule has 0 radical (unpaired) electrons. The predicted molar refractivity (Wildman–Crippen MR) is 61.2 cm³/mol. The number of ether oxygens (including phenoxy) is 1. The molecule has 0 fully saturated rings. The molecule has 1 rings (SSSR count). The quantitative estimate of drug-likeness (QED) is 0.756. The molecule has 0 saturated carbocycles. The van der Waals surface area contributed by atoms with Crippen LogP contribution in [0.15, 0.2) is 24.3 Å². The maximum Gasteiger partial charge on any atom is 0.300 e. The molecule has 1 aromatic carbocycles. The van der Waals surface area contributed by atoms with E-state index in [1.165, 1.54) is 0 Å². The van der Waals surface area contributed by atoms with Gasteiger partial charge in [-0.1, -0.05) is 12.1 Å². The number of hydrogen-bond acceptors (Lipinski definition) is 2. The minimum absolute atomic E-state index is 0.0946. The third kappa shape index (κ3) is 4.01. The first-order valence-corrected chi connectivity index (χ1v) is 4.99. The van der Waals surface area contributed by atoms with E-state index in [0.717, 1.165) is 17.7 Å². The molecule has 0 aliphatic heterocycles. The molecule has 0 aliphatic rings. The van der Waals surface area contributed by atoms with Gasteiger partial charge in [0.1, 0.15) is 5.75 Å². The van der Waals surface area contributed by atoms with Crippen LogP contribution < -0.4 is 10.1 Å². The first-order chi connectivity index (χ1) is 7.76. The molecule has 0 bridgehead atoms. The lowest BCUT2D eigenvalue weighted by atomic mass is 10.1. The first kappa shape index (κ1) is 12.1. The number of benzene rings is 1. The molecule has 4 nitrogen and oxygen atoms in total. The third-order valence-corrected chi connectivity index (χ3v) is 2.12. The summed E-state index contributed by atoms with van der Waals surface area (Å²) >= 11 is 0. The van der Waals surface area contributed by atoms with E-state index in [1.807, 2.05) is 24.3 Å². The molecule has 0 unspecified atom stereocenters. The van der Waals surface area contributed by atoms with Crippen LogP contribution in [0, 0.1) is 6.57 Å². The summed E-state index contributed by atoms with van der Waals surface area (Å²) in [7, 11) is 1.62. The van der Waals surface area contributed by atoms with Crippen LogP contribution in [0.3, 0.4) is 0 Å². The van der Waals surface area contributed by atoms with Crippen molar-refractivity contribution in [2.45, 2.75) is 6.42 Å². The van der Waals surface area contributed by atoms with Crippen LogP contribution >= 0.6 is 0 Å². The first-order valence-electron chi connectivity index (χ1n) is 4.99. The lowest BCUT2D eigenvalue weighted by molar-refractivity contribution is -0.119. The number of nitrogens with zero attached hydrogens (tertiary/aromatic N) is 1. The smallest absolute Gasteiger partial charge is 0.300 e. The van der Waals surface area contributed by atoms with Crippen molar-refractivity contribution in [3.8, 4) is 5.75 Å². The van der Waals surface area contributed by atoms with Crippen LogP contribution in [-0.4, -0.2) is 26.1 Å². The molecular formula is C12H14N2O2. The van der Waals surface area contributed by atoms with E-state index in [2.05, 4.69) is 10.2 Å². The highest BCUT2D eigenvalue weighted by Crippen LogP contribution is 2.11. The van der Waals surface area contributed by atoms with Crippen molar-refractivity contribution < 1.29 is 9.53 Å². The van der Waals surface area contributed by atoms with Gasteiger partial charge in [0, 0.05) is 6.54 Å². The van der Waals surface area contributed by atoms with Crippen molar-refractivity contribution >= 4 is 5.91 Å². The van der Waals surface area contributed by atoms with Gasteiger partial charge < -0.3 is 14.9 Å². The summed E-state index contributed by atoms with van der Waals surface area (Å²) in [4.78, 5) is 14.0. The van der Waals surface area contributed by atoms with Gasteiger partial charge in [-0.25, -0.2) is 6.57 Å². The summed E-state index contributed by atoms with van der Waals surface area (Å²) in [5.74, 6) is 0.601. The fraction of sp³-hybridized carbons (Fsp3) is 0.333. The molecular weight excluding hydrogens is 204 g/mol. The van der Waals surface area contributed by atoms with E-state index in [9.17, 15) is 4.79 Å². The maximum atomic E-state index is 11.0. The van der Waals surface area contributed by atoms with Gasteiger partial charge in [0.15, 0.2) is 0 Å². The van der Waals surface area contributed by atoms with Crippen LogP contribution in [-0.2, 0) is 11.2 Å². The van der Waals surface area contributed by atoms with E-state index in [4.69, 9.17) is 11.3 Å². The molecule has 4 heteroatoms. The molecule has 0 saturated heterocycles. The number of methoxy groups -OCH3 is 1. The van der Waals surface area contributed by atoms with Crippen LogP contribution in [0.5, 0.6) is 5.75 Å². The van der Waals surface area contributed by atoms with Crippen LogP contribution in [0.2, 0.25) is 0 Å². The second-order valence-electron chi connectivity index (χ2n) is 3.26. The van der Waals surface area contributed by atoms with Gasteiger partial charge in [-0.3, -0.25) is 4.79 Å². The van der Waals surface area contributed by atoms with Gasteiger partial charge in [0.2, 0.25) is 0 Å². The molecule has 1 amide bonds. The normalized spacial score (nSPS) is 9.25. The minimum atomic E-state index is -0.219. The molecule has 1 N–H and O–H groups in total. The standard InChI is InChI=1S/C12H14N2O2/c1-13-9-12(15)14-8-7-10-3-5-11(16-2)6-4-10/h3-6H,7-9H2,2H3,(H,14,15). The summed E-state index contributed by atoms with van der Waals surface area (Å²) < 4.78 is 5.04. The molecule has 0 aliphatic carbocycles. The third-order valence-electron chi connectivity index (χ3n) is 2.12. The number of carbonyl (C=O) groups excluding carboxylic acids is 1. The van der Waals surface area contributed by atoms with Crippen molar-refractivity contribution in [3.63, 3.8) is 0 Å². The Morgan fingerprint density at radius 2 is 2.12 bits per heavy atom. The zero-order valence-corrected chi connectivity index (χ0v) is 9.19. The second kappa shape index (κ2) is 6.46. The van der Waals surface area contributed by atoms with Crippen molar-refractivity contribution in [3.05, 3.63) is 41.2 Å². The average molecular weight is 218 g/mol. The predicted octanol–water partition coefficient (Wildman–Crippen LogP) is 1.27. The highest BCUT2D eigenvalue weighted by atomic mass is 16.5. The monoisotopic (exact) mass is 218 g/mol. The van der Waals surface area contributed by atoms with Crippen molar-refractivity contribution in [1.82, 2.24) is 5.32 Å². The van der Waals surface area contributed by atoms with E-state index < -0.39 is 0 Å². The Bertz CT molecular complexity index is 379. The fourth-order valence-corrected chi connectivity index (χ4v) is 1.27. The van der Waals surface area contributed by atoms with Crippen molar-refractivity contribution in [2.75, 3.05) is 20.2 Å². The van der Waals surface area contributed by atoms with Gasteiger partial charge in [-0.15, -0.1) is 0 Å². The van der Waals surface area contributed by atoms with Gasteiger partial charge >= 0.3 is 0 Å². The Morgan fingerprint density at radius 3 is 2.69 bits per heavy atom. The molecule has 0 aromatic heterocycles.